The highest BCUT2D eigenvalue weighted by Crippen LogP contribution is 2.47. The van der Waals surface area contributed by atoms with Gasteiger partial charge in [0.2, 0.25) is 0 Å². The zero-order valence-electron chi connectivity index (χ0n) is 17.9. The van der Waals surface area contributed by atoms with E-state index in [-0.39, 0.29) is 23.9 Å². The molecule has 1 amide bonds. The topological polar surface area (TPSA) is 118 Å². The number of benzene rings is 2. The second-order valence-electron chi connectivity index (χ2n) is 7.50. The van der Waals surface area contributed by atoms with Crippen LogP contribution in [-0.4, -0.2) is 33.6 Å². The molecule has 2 aromatic heterocycles. The Morgan fingerprint density at radius 3 is 2.62 bits per heavy atom. The van der Waals surface area contributed by atoms with Crippen LogP contribution in [0.3, 0.4) is 0 Å². The van der Waals surface area contributed by atoms with Gasteiger partial charge in [0.15, 0.2) is 5.69 Å². The summed E-state index contributed by atoms with van der Waals surface area (Å²) in [6, 6.07) is 15.8. The number of aromatic amines is 1. The molecule has 1 atom stereocenters. The summed E-state index contributed by atoms with van der Waals surface area (Å²) in [5.41, 5.74) is 2.53. The molecule has 0 saturated heterocycles. The third-order valence-electron chi connectivity index (χ3n) is 5.61. The summed E-state index contributed by atoms with van der Waals surface area (Å²) < 4.78 is 5.03. The molecule has 4 aromatic rings. The molecule has 5 rings (SSSR count). The number of nitro groups is 1. The Bertz CT molecular complexity index is 1400. The second-order valence-corrected chi connectivity index (χ2v) is 8.45. The number of nitro benzene ring substituents is 1. The highest BCUT2D eigenvalue weighted by Gasteiger charge is 2.45. The number of rotatable bonds is 6. The van der Waals surface area contributed by atoms with E-state index in [0.717, 1.165) is 4.88 Å². The zero-order valence-corrected chi connectivity index (χ0v) is 18.7. The first-order valence-electron chi connectivity index (χ1n) is 10.5. The van der Waals surface area contributed by atoms with Crippen LogP contribution in [0.4, 0.5) is 11.4 Å². The van der Waals surface area contributed by atoms with Crippen molar-refractivity contribution in [2.45, 2.75) is 13.0 Å². The van der Waals surface area contributed by atoms with Crippen molar-refractivity contribution in [3.8, 4) is 10.6 Å². The van der Waals surface area contributed by atoms with E-state index in [4.69, 9.17) is 4.74 Å². The van der Waals surface area contributed by atoms with Gasteiger partial charge in [-0.05, 0) is 48.7 Å². The summed E-state index contributed by atoms with van der Waals surface area (Å²) in [4.78, 5) is 39.4. The Kier molecular flexibility index (Phi) is 5.42. The average Bonchev–Trinajstić information content (AvgIpc) is 3.57. The monoisotopic (exact) mass is 474 g/mol. The summed E-state index contributed by atoms with van der Waals surface area (Å²) in [6.07, 6.45) is 0. The number of carbonyl (C=O) groups is 2. The van der Waals surface area contributed by atoms with E-state index in [2.05, 4.69) is 10.2 Å². The van der Waals surface area contributed by atoms with Gasteiger partial charge in [-0.15, -0.1) is 11.3 Å². The standard InChI is InChI=1S/C24H18N4O5S/c1-2-33-24(30)14-9-11-15(12-10-14)27-22(16-6-3-4-7-17(16)28(31)32)19-20(18-8-5-13-34-18)25-26-21(19)23(27)29/h3-13,22H,2H2,1H3,(H,25,26)/t22-/m1/s1. The molecule has 2 aromatic carbocycles. The average molecular weight is 474 g/mol. The van der Waals surface area contributed by atoms with E-state index < -0.39 is 16.9 Å². The zero-order chi connectivity index (χ0) is 23.8. The van der Waals surface area contributed by atoms with Crippen LogP contribution < -0.4 is 4.90 Å². The van der Waals surface area contributed by atoms with Crippen molar-refractivity contribution >= 4 is 34.6 Å². The number of nitrogens with one attached hydrogen (secondary N) is 1. The molecule has 0 bridgehead atoms. The van der Waals surface area contributed by atoms with Gasteiger partial charge >= 0.3 is 5.97 Å². The lowest BCUT2D eigenvalue weighted by Gasteiger charge is -2.26. The Balaban J connectivity index is 1.68. The van der Waals surface area contributed by atoms with Gasteiger partial charge < -0.3 is 4.74 Å². The number of esters is 1. The van der Waals surface area contributed by atoms with Crippen LogP contribution in [0.1, 0.15) is 44.9 Å². The maximum Gasteiger partial charge on any atom is 0.338 e. The van der Waals surface area contributed by atoms with Crippen LogP contribution in [0, 0.1) is 10.1 Å². The summed E-state index contributed by atoms with van der Waals surface area (Å²) in [7, 11) is 0. The lowest BCUT2D eigenvalue weighted by atomic mass is 9.96. The lowest BCUT2D eigenvalue weighted by molar-refractivity contribution is -0.385. The van der Waals surface area contributed by atoms with Gasteiger partial charge in [-0.3, -0.25) is 24.9 Å². The molecule has 0 radical (unpaired) electrons. The minimum Gasteiger partial charge on any atom is -0.462 e. The molecule has 0 spiro atoms. The SMILES string of the molecule is CCOC(=O)c1ccc(N2C(=O)c3n[nH]c(-c4cccs4)c3[C@H]2c2ccccc2[N+](=O)[O-])cc1. The minimum absolute atomic E-state index is 0.0976. The van der Waals surface area contributed by atoms with Crippen LogP contribution in [0.15, 0.2) is 66.0 Å². The van der Waals surface area contributed by atoms with E-state index in [1.54, 1.807) is 49.4 Å². The van der Waals surface area contributed by atoms with Gasteiger partial charge in [0, 0.05) is 17.3 Å². The molecule has 170 valence electrons. The van der Waals surface area contributed by atoms with Gasteiger partial charge in [0.25, 0.3) is 11.6 Å². The van der Waals surface area contributed by atoms with Crippen LogP contribution in [0.5, 0.6) is 0 Å². The van der Waals surface area contributed by atoms with Crippen molar-refractivity contribution in [2.24, 2.45) is 0 Å². The fourth-order valence-corrected chi connectivity index (χ4v) is 4.90. The Morgan fingerprint density at radius 1 is 1.18 bits per heavy atom. The molecular weight excluding hydrogens is 456 g/mol. The predicted octanol–water partition coefficient (Wildman–Crippen LogP) is 4.97. The third kappa shape index (κ3) is 3.44. The molecule has 1 N–H and O–H groups in total. The molecule has 1 aliphatic heterocycles. The summed E-state index contributed by atoms with van der Waals surface area (Å²) in [5, 5.41) is 21.0. The van der Waals surface area contributed by atoms with Crippen LogP contribution in [-0.2, 0) is 4.74 Å². The van der Waals surface area contributed by atoms with Gasteiger partial charge in [-0.25, -0.2) is 4.79 Å². The first-order valence-corrected chi connectivity index (χ1v) is 11.4. The number of para-hydroxylation sites is 1. The molecule has 0 saturated carbocycles. The van der Waals surface area contributed by atoms with Gasteiger partial charge in [-0.1, -0.05) is 18.2 Å². The summed E-state index contributed by atoms with van der Waals surface area (Å²) >= 11 is 1.48. The smallest absolute Gasteiger partial charge is 0.338 e. The number of hydrogen-bond acceptors (Lipinski definition) is 7. The van der Waals surface area contributed by atoms with Gasteiger partial charge in [-0.2, -0.15) is 5.10 Å². The number of H-pyrrole nitrogens is 1. The largest absolute Gasteiger partial charge is 0.462 e. The third-order valence-corrected chi connectivity index (χ3v) is 6.50. The van der Waals surface area contributed by atoms with E-state index in [9.17, 15) is 19.7 Å². The van der Waals surface area contributed by atoms with Crippen LogP contribution >= 0.6 is 11.3 Å². The van der Waals surface area contributed by atoms with Crippen LogP contribution in [0.2, 0.25) is 0 Å². The van der Waals surface area contributed by atoms with Gasteiger partial charge in [0.1, 0.15) is 0 Å². The Morgan fingerprint density at radius 2 is 1.94 bits per heavy atom. The maximum atomic E-state index is 13.6. The first-order chi connectivity index (χ1) is 16.5. The fraction of sp³-hybridized carbons (Fsp3) is 0.125. The number of carbonyl (C=O) groups excluding carboxylic acids is 2. The van der Waals surface area contributed by atoms with E-state index in [1.807, 2.05) is 17.5 Å². The predicted molar refractivity (Wildman–Crippen MR) is 126 cm³/mol. The number of ether oxygens (including phenoxy) is 1. The quantitative estimate of drug-likeness (QED) is 0.239. The van der Waals surface area contributed by atoms with Crippen molar-refractivity contribution < 1.29 is 19.2 Å². The van der Waals surface area contributed by atoms with Crippen molar-refractivity contribution in [2.75, 3.05) is 11.5 Å². The maximum absolute atomic E-state index is 13.6. The van der Waals surface area contributed by atoms with E-state index in [1.165, 1.54) is 22.3 Å². The first kappa shape index (κ1) is 21.5. The molecule has 0 aliphatic carbocycles. The molecule has 34 heavy (non-hydrogen) atoms. The van der Waals surface area contributed by atoms with Crippen molar-refractivity contribution in [3.05, 3.63) is 98.5 Å². The molecule has 9 nitrogen and oxygen atoms in total. The van der Waals surface area contributed by atoms with Crippen molar-refractivity contribution in [1.29, 1.82) is 0 Å². The summed E-state index contributed by atoms with van der Waals surface area (Å²) in [5.74, 6) is -0.855. The second kappa shape index (κ2) is 8.56. The minimum atomic E-state index is -0.784. The summed E-state index contributed by atoms with van der Waals surface area (Å²) in [6.45, 7) is 1.97. The Hall–Kier alpha value is -4.31. The number of aromatic nitrogens is 2. The molecule has 1 aliphatic rings. The van der Waals surface area contributed by atoms with Crippen LogP contribution in [0.25, 0.3) is 10.6 Å². The Labute approximate surface area is 197 Å². The number of amides is 1. The molecule has 3 heterocycles. The molecule has 10 heteroatoms. The van der Waals surface area contributed by atoms with Crippen molar-refractivity contribution in [3.63, 3.8) is 0 Å². The highest BCUT2D eigenvalue weighted by atomic mass is 32.1. The van der Waals surface area contributed by atoms with Gasteiger partial charge in [0.05, 0.1) is 39.3 Å². The number of thiophene rings is 1. The normalized spacial score (nSPS) is 14.8. The molecular formula is C24H18N4O5S. The molecule has 0 unspecified atom stereocenters. The number of nitrogens with zero attached hydrogens (tertiary/aromatic N) is 3. The van der Waals surface area contributed by atoms with E-state index in [0.29, 0.717) is 28.1 Å². The fourth-order valence-electron chi connectivity index (χ4n) is 4.17. The number of fused-ring (bicyclic) bond motifs is 1. The highest BCUT2D eigenvalue weighted by molar-refractivity contribution is 7.13. The number of anilines is 1. The van der Waals surface area contributed by atoms with E-state index >= 15 is 0 Å². The lowest BCUT2D eigenvalue weighted by Crippen LogP contribution is -2.29. The number of hydrogen-bond donors (Lipinski definition) is 1. The van der Waals surface area contributed by atoms with Crippen molar-refractivity contribution in [1.82, 2.24) is 10.2 Å². The molecule has 0 fully saturated rings.